The van der Waals surface area contributed by atoms with Crippen LogP contribution in [0.3, 0.4) is 0 Å². The van der Waals surface area contributed by atoms with E-state index in [1.165, 1.54) is 4.90 Å². The first-order valence-corrected chi connectivity index (χ1v) is 11.8. The predicted molar refractivity (Wildman–Crippen MR) is 139 cm³/mol. The fraction of sp³-hybridized carbons (Fsp3) is 0.103. The first-order valence-electron chi connectivity index (χ1n) is 11.2. The van der Waals surface area contributed by atoms with Gasteiger partial charge in [-0.15, -0.1) is 0 Å². The molecule has 1 amide bonds. The third-order valence-electron chi connectivity index (χ3n) is 5.85. The number of carboxylic acid groups (broad SMARTS) is 1. The maximum absolute atomic E-state index is 14.0. The number of carbonyl (C=O) groups is 2. The number of hydrogen-bond donors (Lipinski definition) is 2. The molecule has 5 nitrogen and oxygen atoms in total. The van der Waals surface area contributed by atoms with Crippen LogP contribution in [0.4, 0.5) is 4.79 Å². The Morgan fingerprint density at radius 1 is 0.714 bits per heavy atom. The minimum Gasteiger partial charge on any atom is -0.480 e. The van der Waals surface area contributed by atoms with E-state index in [2.05, 4.69) is 12.6 Å². The number of para-hydroxylation sites is 1. The van der Waals surface area contributed by atoms with Gasteiger partial charge in [0.1, 0.15) is 17.3 Å². The summed E-state index contributed by atoms with van der Waals surface area (Å²) in [6, 6.07) is 35.5. The number of thiol groups is 1. The largest absolute Gasteiger partial charge is 0.480 e. The lowest BCUT2D eigenvalue weighted by Gasteiger charge is -2.46. The van der Waals surface area contributed by atoms with Gasteiger partial charge in [0.05, 0.1) is 0 Å². The lowest BCUT2D eigenvalue weighted by Crippen LogP contribution is -2.59. The molecule has 0 spiro atoms. The van der Waals surface area contributed by atoms with Crippen LogP contribution in [-0.2, 0) is 10.3 Å². The lowest BCUT2D eigenvalue weighted by atomic mass is 9.75. The molecule has 0 aliphatic heterocycles. The maximum atomic E-state index is 14.0. The third kappa shape index (κ3) is 4.79. The van der Waals surface area contributed by atoms with Gasteiger partial charge in [0.2, 0.25) is 0 Å². The second kappa shape index (κ2) is 10.9. The van der Waals surface area contributed by atoms with E-state index in [0.717, 1.165) is 16.7 Å². The van der Waals surface area contributed by atoms with Crippen molar-refractivity contribution in [1.82, 2.24) is 4.90 Å². The van der Waals surface area contributed by atoms with Gasteiger partial charge in [-0.1, -0.05) is 109 Å². The zero-order chi connectivity index (χ0) is 24.7. The van der Waals surface area contributed by atoms with E-state index in [0.29, 0.717) is 5.75 Å². The molecular formula is C29H25NO4S. The van der Waals surface area contributed by atoms with Crippen molar-refractivity contribution in [2.45, 2.75) is 11.6 Å². The second-order valence-corrected chi connectivity index (χ2v) is 8.26. The quantitative estimate of drug-likeness (QED) is 0.243. The van der Waals surface area contributed by atoms with Crippen LogP contribution >= 0.6 is 12.6 Å². The summed E-state index contributed by atoms with van der Waals surface area (Å²) in [5, 5.41) is 10.3. The van der Waals surface area contributed by atoms with Crippen molar-refractivity contribution in [2.75, 3.05) is 5.75 Å². The summed E-state index contributed by atoms with van der Waals surface area (Å²) in [4.78, 5) is 27.9. The van der Waals surface area contributed by atoms with E-state index in [-0.39, 0.29) is 5.75 Å². The van der Waals surface area contributed by atoms with Gasteiger partial charge in [0.15, 0.2) is 0 Å². The molecule has 0 fully saturated rings. The van der Waals surface area contributed by atoms with Crippen LogP contribution in [0.25, 0.3) is 0 Å². The molecule has 1 atom stereocenters. The molecule has 1 N–H and O–H groups in total. The summed E-state index contributed by atoms with van der Waals surface area (Å²) < 4.78 is 5.77. The molecule has 4 aromatic rings. The Kier molecular flexibility index (Phi) is 7.53. The van der Waals surface area contributed by atoms with Crippen LogP contribution < -0.4 is 4.74 Å². The van der Waals surface area contributed by atoms with Crippen molar-refractivity contribution in [3.63, 3.8) is 0 Å². The van der Waals surface area contributed by atoms with Crippen molar-refractivity contribution in [3.05, 3.63) is 138 Å². The van der Waals surface area contributed by atoms with Crippen molar-refractivity contribution in [3.8, 4) is 5.75 Å². The molecule has 0 saturated carbocycles. The molecule has 35 heavy (non-hydrogen) atoms. The van der Waals surface area contributed by atoms with Crippen molar-refractivity contribution < 1.29 is 19.4 Å². The van der Waals surface area contributed by atoms with Crippen LogP contribution in [0.5, 0.6) is 5.75 Å². The zero-order valence-electron chi connectivity index (χ0n) is 18.9. The van der Waals surface area contributed by atoms with E-state index in [1.807, 2.05) is 97.1 Å². The highest BCUT2D eigenvalue weighted by Crippen LogP contribution is 2.44. The number of aliphatic carboxylic acids is 1. The number of ether oxygens (including phenoxy) is 1. The smallest absolute Gasteiger partial charge is 0.417 e. The first kappa shape index (κ1) is 24.1. The van der Waals surface area contributed by atoms with Gasteiger partial charge in [-0.2, -0.15) is 12.6 Å². The Labute approximate surface area is 210 Å². The molecule has 0 aliphatic carbocycles. The Hall–Kier alpha value is -4.03. The van der Waals surface area contributed by atoms with E-state index in [9.17, 15) is 14.7 Å². The number of benzene rings is 4. The molecule has 0 saturated heterocycles. The Bertz CT molecular complexity index is 1150. The Morgan fingerprint density at radius 3 is 1.43 bits per heavy atom. The third-order valence-corrected chi connectivity index (χ3v) is 6.20. The SMILES string of the molecule is O=C(O)C(CS)N(C(=O)Oc1ccccc1)C(c1ccccc1)(c1ccccc1)c1ccccc1. The van der Waals surface area contributed by atoms with Crippen LogP contribution in [-0.4, -0.2) is 33.9 Å². The second-order valence-electron chi connectivity index (χ2n) is 7.90. The monoisotopic (exact) mass is 483 g/mol. The summed E-state index contributed by atoms with van der Waals surface area (Å²) in [7, 11) is 0. The number of nitrogens with zero attached hydrogens (tertiary/aromatic N) is 1. The van der Waals surface area contributed by atoms with Crippen LogP contribution in [0.1, 0.15) is 16.7 Å². The van der Waals surface area contributed by atoms with Gasteiger partial charge in [-0.25, -0.2) is 9.59 Å². The Balaban J connectivity index is 2.07. The number of hydrogen-bond acceptors (Lipinski definition) is 4. The van der Waals surface area contributed by atoms with E-state index < -0.39 is 23.6 Å². The number of rotatable bonds is 8. The topological polar surface area (TPSA) is 66.8 Å². The van der Waals surface area contributed by atoms with Crippen molar-refractivity contribution in [2.24, 2.45) is 0 Å². The first-order chi connectivity index (χ1) is 17.1. The maximum Gasteiger partial charge on any atom is 0.417 e. The normalized spacial score (nSPS) is 11.9. The van der Waals surface area contributed by atoms with Gasteiger partial charge in [0, 0.05) is 5.75 Å². The molecule has 4 rings (SSSR count). The molecule has 0 aliphatic rings. The lowest BCUT2D eigenvalue weighted by molar-refractivity contribution is -0.143. The average Bonchev–Trinajstić information content (AvgIpc) is 2.91. The number of carbonyl (C=O) groups excluding carboxylic acids is 1. The summed E-state index contributed by atoms with van der Waals surface area (Å²) in [6.45, 7) is 0. The van der Waals surface area contributed by atoms with Gasteiger partial charge in [-0.3, -0.25) is 4.90 Å². The molecule has 1 unspecified atom stereocenters. The highest BCUT2D eigenvalue weighted by molar-refractivity contribution is 7.80. The summed E-state index contributed by atoms with van der Waals surface area (Å²) in [5.74, 6) is -0.987. The minimum absolute atomic E-state index is 0.118. The van der Waals surface area contributed by atoms with Gasteiger partial charge >= 0.3 is 12.1 Å². The standard InChI is InChI=1S/C29H25NO4S/c31-27(32)26(21-35)30(28(33)34-25-19-11-4-12-20-25)29(22-13-5-1-6-14-22,23-15-7-2-8-16-23)24-17-9-3-10-18-24/h1-20,26,35H,21H2,(H,31,32). The predicted octanol–water partition coefficient (Wildman–Crippen LogP) is 5.86. The summed E-state index contributed by atoms with van der Waals surface area (Å²) >= 11 is 4.35. The average molecular weight is 484 g/mol. The van der Waals surface area contributed by atoms with Gasteiger partial charge in [-0.05, 0) is 28.8 Å². The van der Waals surface area contributed by atoms with Crippen LogP contribution in [0.15, 0.2) is 121 Å². The molecule has 6 heteroatoms. The highest BCUT2D eigenvalue weighted by atomic mass is 32.1. The molecule has 0 bridgehead atoms. The molecule has 176 valence electrons. The van der Waals surface area contributed by atoms with Gasteiger partial charge in [0.25, 0.3) is 0 Å². The van der Waals surface area contributed by atoms with E-state index in [4.69, 9.17) is 4.74 Å². The fourth-order valence-electron chi connectivity index (χ4n) is 4.36. The van der Waals surface area contributed by atoms with Crippen LogP contribution in [0.2, 0.25) is 0 Å². The van der Waals surface area contributed by atoms with Gasteiger partial charge < -0.3 is 9.84 Å². The summed E-state index contributed by atoms with van der Waals surface area (Å²) in [5.41, 5.74) is 0.836. The fourth-order valence-corrected chi connectivity index (χ4v) is 4.68. The zero-order valence-corrected chi connectivity index (χ0v) is 19.8. The Morgan fingerprint density at radius 2 is 1.09 bits per heavy atom. The molecule has 0 heterocycles. The number of carboxylic acids is 1. The van der Waals surface area contributed by atoms with Crippen molar-refractivity contribution >= 4 is 24.7 Å². The number of amides is 1. The molecule has 4 aromatic carbocycles. The molecular weight excluding hydrogens is 458 g/mol. The minimum atomic E-state index is -1.32. The van der Waals surface area contributed by atoms with Crippen molar-refractivity contribution in [1.29, 1.82) is 0 Å². The molecule has 0 aromatic heterocycles. The molecule has 0 radical (unpaired) electrons. The van der Waals surface area contributed by atoms with E-state index in [1.54, 1.807) is 24.3 Å². The highest BCUT2D eigenvalue weighted by Gasteiger charge is 2.50. The van der Waals surface area contributed by atoms with E-state index >= 15 is 0 Å². The van der Waals surface area contributed by atoms with Crippen LogP contribution in [0, 0.1) is 0 Å². The summed E-state index contributed by atoms with van der Waals surface area (Å²) in [6.07, 6.45) is -0.797.